The summed E-state index contributed by atoms with van der Waals surface area (Å²) in [5.74, 6) is -1.99. The molecule has 2 N–H and O–H groups in total. The van der Waals surface area contributed by atoms with Crippen LogP contribution in [0, 0.1) is 0 Å². The number of esters is 1. The van der Waals surface area contributed by atoms with Crippen LogP contribution in [0.1, 0.15) is 12.8 Å². The number of carbonyl (C=O) groups is 2. The molecule has 0 saturated carbocycles. The molecular weight excluding hydrogens is 290 g/mol. The van der Waals surface area contributed by atoms with Crippen LogP contribution in [0.3, 0.4) is 0 Å². The van der Waals surface area contributed by atoms with Crippen LogP contribution >= 0.6 is 0 Å². The molecule has 1 unspecified atom stereocenters. The summed E-state index contributed by atoms with van der Waals surface area (Å²) in [6.45, 7) is 0. The first-order valence-electron chi connectivity index (χ1n) is 5.57. The second-order valence-electron chi connectivity index (χ2n) is 3.98. The number of ether oxygens (including phenoxy) is 1. The van der Waals surface area contributed by atoms with Gasteiger partial charge in [-0.3, -0.25) is 14.3 Å². The van der Waals surface area contributed by atoms with E-state index in [9.17, 15) is 18.0 Å². The van der Waals surface area contributed by atoms with Crippen molar-refractivity contribution < 1.29 is 27.9 Å². The number of rotatable bonds is 7. The van der Waals surface area contributed by atoms with Crippen LogP contribution in [0.5, 0.6) is 0 Å². The van der Waals surface area contributed by atoms with E-state index in [-0.39, 0.29) is 17.7 Å². The van der Waals surface area contributed by atoms with Gasteiger partial charge in [-0.2, -0.15) is 9.82 Å². The van der Waals surface area contributed by atoms with Gasteiger partial charge in [-0.05, 0) is 6.42 Å². The summed E-state index contributed by atoms with van der Waals surface area (Å²) in [5, 5.41) is 12.7. The van der Waals surface area contributed by atoms with Gasteiger partial charge in [0.15, 0.2) is 0 Å². The number of sulfonamides is 1. The number of carboxylic acids is 1. The maximum atomic E-state index is 11.9. The fourth-order valence-corrected chi connectivity index (χ4v) is 2.60. The van der Waals surface area contributed by atoms with Gasteiger partial charge in [0, 0.05) is 19.7 Å². The lowest BCUT2D eigenvalue weighted by molar-refractivity contribution is -0.142. The normalized spacial score (nSPS) is 12.9. The van der Waals surface area contributed by atoms with Crippen molar-refractivity contribution in [1.29, 1.82) is 0 Å². The van der Waals surface area contributed by atoms with Crippen LogP contribution in [-0.2, 0) is 31.4 Å². The van der Waals surface area contributed by atoms with Crippen molar-refractivity contribution in [2.24, 2.45) is 7.05 Å². The first-order valence-corrected chi connectivity index (χ1v) is 7.05. The van der Waals surface area contributed by atoms with Gasteiger partial charge in [-0.1, -0.05) is 0 Å². The van der Waals surface area contributed by atoms with Crippen LogP contribution in [0.15, 0.2) is 17.3 Å². The summed E-state index contributed by atoms with van der Waals surface area (Å²) < 4.78 is 31.5. The van der Waals surface area contributed by atoms with Crippen LogP contribution in [0.25, 0.3) is 0 Å². The van der Waals surface area contributed by atoms with E-state index in [1.807, 2.05) is 4.72 Å². The minimum atomic E-state index is -4.00. The molecule has 1 rings (SSSR count). The highest BCUT2D eigenvalue weighted by molar-refractivity contribution is 7.89. The standard InChI is InChI=1S/C10H15N3O6S/c1-13-6-7(5-11-13)20(17,18)12-8(10(15)16)3-4-9(14)19-2/h5-6,8,12H,3-4H2,1-2H3,(H,15,16). The number of aryl methyl sites for hydroxylation is 1. The molecule has 1 aromatic heterocycles. The van der Waals surface area contributed by atoms with E-state index in [0.717, 1.165) is 13.3 Å². The number of carbonyl (C=O) groups excluding carboxylic acids is 1. The Kier molecular flexibility index (Phi) is 5.22. The Morgan fingerprint density at radius 1 is 1.55 bits per heavy atom. The number of aliphatic carboxylic acids is 1. The molecule has 20 heavy (non-hydrogen) atoms. The molecule has 0 radical (unpaired) electrons. The fourth-order valence-electron chi connectivity index (χ4n) is 1.39. The van der Waals surface area contributed by atoms with Gasteiger partial charge in [0.05, 0.1) is 13.3 Å². The Labute approximate surface area is 115 Å². The van der Waals surface area contributed by atoms with E-state index in [1.54, 1.807) is 0 Å². The molecule has 10 heteroatoms. The average molecular weight is 305 g/mol. The monoisotopic (exact) mass is 305 g/mol. The molecule has 0 fully saturated rings. The largest absolute Gasteiger partial charge is 0.480 e. The van der Waals surface area contributed by atoms with E-state index >= 15 is 0 Å². The molecule has 0 aliphatic carbocycles. The Hall–Kier alpha value is -1.94. The molecule has 1 atom stereocenters. The first-order chi connectivity index (χ1) is 9.26. The number of methoxy groups -OCH3 is 1. The lowest BCUT2D eigenvalue weighted by atomic mass is 10.2. The van der Waals surface area contributed by atoms with Gasteiger partial charge >= 0.3 is 11.9 Å². The Balaban J connectivity index is 2.80. The minimum absolute atomic E-state index is 0.149. The topological polar surface area (TPSA) is 128 Å². The average Bonchev–Trinajstić information content (AvgIpc) is 2.81. The zero-order valence-electron chi connectivity index (χ0n) is 10.9. The van der Waals surface area contributed by atoms with Crippen molar-refractivity contribution in [1.82, 2.24) is 14.5 Å². The van der Waals surface area contributed by atoms with Gasteiger partial charge in [0.25, 0.3) is 0 Å². The molecule has 9 nitrogen and oxygen atoms in total. The molecule has 0 amide bonds. The van der Waals surface area contributed by atoms with E-state index in [1.165, 1.54) is 17.9 Å². The highest BCUT2D eigenvalue weighted by atomic mass is 32.2. The third-order valence-electron chi connectivity index (χ3n) is 2.45. The summed E-state index contributed by atoms with van der Waals surface area (Å²) in [7, 11) is -1.31. The predicted molar refractivity (Wildman–Crippen MR) is 66.2 cm³/mol. The van der Waals surface area contributed by atoms with Crippen molar-refractivity contribution in [2.45, 2.75) is 23.8 Å². The molecule has 1 aromatic rings. The lowest BCUT2D eigenvalue weighted by Crippen LogP contribution is -2.41. The third kappa shape index (κ3) is 4.31. The van der Waals surface area contributed by atoms with Gasteiger partial charge in [0.1, 0.15) is 10.9 Å². The molecule has 0 bridgehead atoms. The molecule has 0 aliphatic heterocycles. The summed E-state index contributed by atoms with van der Waals surface area (Å²) in [4.78, 5) is 21.8. The second kappa shape index (κ2) is 6.48. The van der Waals surface area contributed by atoms with Gasteiger partial charge < -0.3 is 9.84 Å². The Morgan fingerprint density at radius 2 is 2.20 bits per heavy atom. The van der Waals surface area contributed by atoms with Crippen LogP contribution in [0.4, 0.5) is 0 Å². The molecule has 0 aliphatic rings. The number of nitrogens with one attached hydrogen (secondary N) is 1. The highest BCUT2D eigenvalue weighted by Gasteiger charge is 2.26. The Bertz CT molecular complexity index is 594. The van der Waals surface area contributed by atoms with E-state index < -0.39 is 28.0 Å². The van der Waals surface area contributed by atoms with Crippen molar-refractivity contribution in [3.8, 4) is 0 Å². The van der Waals surface area contributed by atoms with Crippen molar-refractivity contribution >= 4 is 22.0 Å². The second-order valence-corrected chi connectivity index (χ2v) is 5.69. The lowest BCUT2D eigenvalue weighted by Gasteiger charge is -2.13. The third-order valence-corrected chi connectivity index (χ3v) is 3.88. The molecule has 0 saturated heterocycles. The van der Waals surface area contributed by atoms with Gasteiger partial charge in [-0.15, -0.1) is 0 Å². The SMILES string of the molecule is COC(=O)CCC(NS(=O)(=O)c1cnn(C)c1)C(=O)O. The summed E-state index contributed by atoms with van der Waals surface area (Å²) in [5.41, 5.74) is 0. The van der Waals surface area contributed by atoms with Crippen molar-refractivity contribution in [2.75, 3.05) is 7.11 Å². The number of hydrogen-bond donors (Lipinski definition) is 2. The molecule has 112 valence electrons. The van der Waals surface area contributed by atoms with Gasteiger partial charge in [-0.25, -0.2) is 8.42 Å². The molecule has 0 aromatic carbocycles. The zero-order chi connectivity index (χ0) is 15.3. The Morgan fingerprint density at radius 3 is 2.65 bits per heavy atom. The fraction of sp³-hybridized carbons (Fsp3) is 0.500. The van der Waals surface area contributed by atoms with E-state index in [0.29, 0.717) is 0 Å². The first kappa shape index (κ1) is 16.1. The van der Waals surface area contributed by atoms with Crippen LogP contribution < -0.4 is 4.72 Å². The van der Waals surface area contributed by atoms with Crippen LogP contribution in [-0.4, -0.2) is 48.4 Å². The number of nitrogens with zero attached hydrogens (tertiary/aromatic N) is 2. The number of aromatic nitrogens is 2. The molecule has 1 heterocycles. The maximum Gasteiger partial charge on any atom is 0.321 e. The van der Waals surface area contributed by atoms with E-state index in [4.69, 9.17) is 5.11 Å². The van der Waals surface area contributed by atoms with E-state index in [2.05, 4.69) is 9.84 Å². The smallest absolute Gasteiger partial charge is 0.321 e. The highest BCUT2D eigenvalue weighted by Crippen LogP contribution is 2.09. The number of hydrogen-bond acceptors (Lipinski definition) is 6. The maximum absolute atomic E-state index is 11.9. The number of carboxylic acid groups (broad SMARTS) is 1. The summed E-state index contributed by atoms with van der Waals surface area (Å²) >= 11 is 0. The summed E-state index contributed by atoms with van der Waals surface area (Å²) in [6.07, 6.45) is 1.92. The molecule has 0 spiro atoms. The predicted octanol–water partition coefficient (Wildman–Crippen LogP) is -0.895. The van der Waals surface area contributed by atoms with Crippen molar-refractivity contribution in [3.05, 3.63) is 12.4 Å². The summed E-state index contributed by atoms with van der Waals surface area (Å²) in [6, 6.07) is -1.42. The zero-order valence-corrected chi connectivity index (χ0v) is 11.8. The van der Waals surface area contributed by atoms with Gasteiger partial charge in [0.2, 0.25) is 10.0 Å². The minimum Gasteiger partial charge on any atom is -0.480 e. The van der Waals surface area contributed by atoms with Crippen molar-refractivity contribution in [3.63, 3.8) is 0 Å². The molecular formula is C10H15N3O6S. The quantitative estimate of drug-likeness (QED) is 0.625. The van der Waals surface area contributed by atoms with Crippen LogP contribution in [0.2, 0.25) is 0 Å².